The molecule has 0 saturated heterocycles. The van der Waals surface area contributed by atoms with Crippen molar-refractivity contribution in [2.75, 3.05) is 5.73 Å². The zero-order valence-corrected chi connectivity index (χ0v) is 9.51. The lowest BCUT2D eigenvalue weighted by Gasteiger charge is -1.77. The summed E-state index contributed by atoms with van der Waals surface area (Å²) in [6, 6.07) is 3.12. The Morgan fingerprint density at radius 1 is 1.67 bits per heavy atom. The Balaban J connectivity index is 0.000000151. The van der Waals surface area contributed by atoms with E-state index in [1.807, 2.05) is 6.92 Å². The van der Waals surface area contributed by atoms with Gasteiger partial charge < -0.3 is 10.2 Å². The fraction of sp³-hybridized carbons (Fsp3) is 0.111. The van der Waals surface area contributed by atoms with Gasteiger partial charge in [0.2, 0.25) is 0 Å². The summed E-state index contributed by atoms with van der Waals surface area (Å²) in [5.74, 6) is 0.187. The number of halogens is 1. The lowest BCUT2D eigenvalue weighted by atomic mass is 10.5. The number of nitrogens with zero attached hydrogens (tertiary/aromatic N) is 1. The summed E-state index contributed by atoms with van der Waals surface area (Å²) in [4.78, 5) is 15.2. The van der Waals surface area contributed by atoms with E-state index in [-0.39, 0.29) is 5.76 Å². The molecular weight excluding hydrogens is 236 g/mol. The molecule has 2 rings (SSSR count). The predicted octanol–water partition coefficient (Wildman–Crippen LogP) is 2.69. The van der Waals surface area contributed by atoms with E-state index in [0.717, 1.165) is 4.88 Å². The lowest BCUT2D eigenvalue weighted by Crippen LogP contribution is -1.80. The Morgan fingerprint density at radius 3 is 2.60 bits per heavy atom. The summed E-state index contributed by atoms with van der Waals surface area (Å²) >= 11 is 6.52. The maximum absolute atomic E-state index is 10.2. The highest BCUT2D eigenvalue weighted by molar-refractivity contribution is 7.15. The van der Waals surface area contributed by atoms with Gasteiger partial charge >= 0.3 is 0 Å². The number of carbonyl (C=O) groups is 1. The van der Waals surface area contributed by atoms with Gasteiger partial charge in [0.1, 0.15) is 0 Å². The first kappa shape index (κ1) is 11.7. The molecular formula is C9H9ClN2O2S. The second-order valence-corrected chi connectivity index (χ2v) is 4.17. The highest BCUT2D eigenvalue weighted by Crippen LogP contribution is 2.11. The smallest absolute Gasteiger partial charge is 0.287 e. The quantitative estimate of drug-likeness (QED) is 0.783. The van der Waals surface area contributed by atoms with Gasteiger partial charge in [0.05, 0.1) is 6.26 Å². The molecule has 0 atom stereocenters. The van der Waals surface area contributed by atoms with Gasteiger partial charge in [-0.3, -0.25) is 4.79 Å². The van der Waals surface area contributed by atoms with Crippen LogP contribution in [0.3, 0.4) is 0 Å². The number of thiazole rings is 1. The molecule has 0 bridgehead atoms. The number of aromatic nitrogens is 1. The van der Waals surface area contributed by atoms with Crippen LogP contribution in [-0.2, 0) is 0 Å². The summed E-state index contributed by atoms with van der Waals surface area (Å²) in [7, 11) is 0. The van der Waals surface area contributed by atoms with Crippen molar-refractivity contribution in [3.63, 3.8) is 0 Å². The van der Waals surface area contributed by atoms with E-state index in [4.69, 9.17) is 17.3 Å². The molecule has 0 spiro atoms. The third-order valence-electron chi connectivity index (χ3n) is 1.35. The van der Waals surface area contributed by atoms with E-state index < -0.39 is 5.24 Å². The van der Waals surface area contributed by atoms with Crippen molar-refractivity contribution in [2.45, 2.75) is 6.92 Å². The van der Waals surface area contributed by atoms with Gasteiger partial charge in [0.15, 0.2) is 10.9 Å². The molecule has 0 aromatic carbocycles. The minimum Gasteiger partial charge on any atom is -0.460 e. The lowest BCUT2D eigenvalue weighted by molar-refractivity contribution is 0.105. The van der Waals surface area contributed by atoms with Crippen molar-refractivity contribution in [2.24, 2.45) is 0 Å². The normalized spacial score (nSPS) is 9.20. The highest BCUT2D eigenvalue weighted by Gasteiger charge is 2.00. The van der Waals surface area contributed by atoms with Crippen LogP contribution in [0, 0.1) is 6.92 Å². The van der Waals surface area contributed by atoms with E-state index in [9.17, 15) is 4.79 Å². The molecule has 0 amide bonds. The van der Waals surface area contributed by atoms with Crippen molar-refractivity contribution in [1.82, 2.24) is 4.98 Å². The third-order valence-corrected chi connectivity index (χ3v) is 2.28. The molecule has 15 heavy (non-hydrogen) atoms. The average molecular weight is 245 g/mol. The van der Waals surface area contributed by atoms with Gasteiger partial charge in [-0.25, -0.2) is 4.98 Å². The van der Waals surface area contributed by atoms with Crippen LogP contribution < -0.4 is 5.73 Å². The first-order valence-electron chi connectivity index (χ1n) is 4.01. The number of hydrogen-bond acceptors (Lipinski definition) is 5. The monoisotopic (exact) mass is 244 g/mol. The molecule has 6 heteroatoms. The van der Waals surface area contributed by atoms with Gasteiger partial charge in [-0.05, 0) is 30.7 Å². The summed E-state index contributed by atoms with van der Waals surface area (Å²) in [6.07, 6.45) is 3.16. The van der Waals surface area contributed by atoms with Crippen molar-refractivity contribution < 1.29 is 9.21 Å². The van der Waals surface area contributed by atoms with Crippen molar-refractivity contribution in [3.05, 3.63) is 35.2 Å². The Kier molecular flexibility index (Phi) is 4.33. The highest BCUT2D eigenvalue weighted by atomic mass is 35.5. The fourth-order valence-corrected chi connectivity index (χ4v) is 1.41. The molecule has 2 aromatic heterocycles. The van der Waals surface area contributed by atoms with Gasteiger partial charge in [-0.1, -0.05) is 0 Å². The van der Waals surface area contributed by atoms with Crippen LogP contribution in [0.2, 0.25) is 0 Å². The molecule has 0 aliphatic carbocycles. The number of carbonyl (C=O) groups excluding carboxylic acids is 1. The standard InChI is InChI=1S/C5H3ClO2.C4H6N2S/c6-5(7)4-2-1-3-8-4;1-3-2-6-4(5)7-3/h1-3H;2H,1H3,(H2,5,6). The zero-order valence-electron chi connectivity index (χ0n) is 7.94. The van der Waals surface area contributed by atoms with Crippen molar-refractivity contribution >= 4 is 33.3 Å². The molecule has 2 aromatic rings. The van der Waals surface area contributed by atoms with Crippen molar-refractivity contribution in [3.8, 4) is 0 Å². The number of aryl methyl sites for hydroxylation is 1. The fourth-order valence-electron chi connectivity index (χ4n) is 0.763. The van der Waals surface area contributed by atoms with Gasteiger partial charge in [-0.2, -0.15) is 0 Å². The number of rotatable bonds is 1. The second-order valence-electron chi connectivity index (χ2n) is 2.56. The largest absolute Gasteiger partial charge is 0.460 e. The maximum Gasteiger partial charge on any atom is 0.287 e. The number of nitrogen functional groups attached to an aromatic ring is 1. The number of hydrogen-bond donors (Lipinski definition) is 1. The number of anilines is 1. The Labute approximate surface area is 95.7 Å². The van der Waals surface area contributed by atoms with E-state index in [1.165, 1.54) is 23.7 Å². The van der Waals surface area contributed by atoms with Crippen LogP contribution in [0.15, 0.2) is 29.0 Å². The Hall–Kier alpha value is -1.33. The maximum atomic E-state index is 10.2. The minimum atomic E-state index is -0.560. The molecule has 0 saturated carbocycles. The van der Waals surface area contributed by atoms with Crippen LogP contribution in [0.1, 0.15) is 15.4 Å². The number of furan rings is 1. The molecule has 2 heterocycles. The van der Waals surface area contributed by atoms with Crippen LogP contribution in [0.4, 0.5) is 5.13 Å². The van der Waals surface area contributed by atoms with E-state index in [2.05, 4.69) is 9.40 Å². The minimum absolute atomic E-state index is 0.187. The summed E-state index contributed by atoms with van der Waals surface area (Å²) in [5, 5.41) is 0.0903. The molecule has 0 aliphatic rings. The summed E-state index contributed by atoms with van der Waals surface area (Å²) < 4.78 is 4.61. The first-order valence-corrected chi connectivity index (χ1v) is 5.20. The van der Waals surface area contributed by atoms with Crippen LogP contribution >= 0.6 is 22.9 Å². The van der Waals surface area contributed by atoms with E-state index in [0.29, 0.717) is 5.13 Å². The SMILES string of the molecule is Cc1cnc(N)s1.O=C(Cl)c1ccco1. The molecule has 0 fully saturated rings. The van der Waals surface area contributed by atoms with Crippen LogP contribution in [0.5, 0.6) is 0 Å². The Morgan fingerprint density at radius 2 is 2.40 bits per heavy atom. The molecule has 4 nitrogen and oxygen atoms in total. The number of nitrogens with two attached hydrogens (primary N) is 1. The van der Waals surface area contributed by atoms with E-state index in [1.54, 1.807) is 12.3 Å². The second kappa shape index (κ2) is 5.53. The van der Waals surface area contributed by atoms with E-state index >= 15 is 0 Å². The molecule has 80 valence electrons. The predicted molar refractivity (Wildman–Crippen MR) is 60.2 cm³/mol. The average Bonchev–Trinajstić information content (AvgIpc) is 2.77. The van der Waals surface area contributed by atoms with Gasteiger partial charge in [0.25, 0.3) is 5.24 Å². The summed E-state index contributed by atoms with van der Waals surface area (Å²) in [6.45, 7) is 1.98. The van der Waals surface area contributed by atoms with Crippen LogP contribution in [0.25, 0.3) is 0 Å². The topological polar surface area (TPSA) is 69.1 Å². The molecule has 0 aliphatic heterocycles. The van der Waals surface area contributed by atoms with Gasteiger partial charge in [0, 0.05) is 11.1 Å². The van der Waals surface area contributed by atoms with Crippen LogP contribution in [-0.4, -0.2) is 10.2 Å². The van der Waals surface area contributed by atoms with Crippen molar-refractivity contribution in [1.29, 1.82) is 0 Å². The Bertz CT molecular complexity index is 409. The molecule has 0 radical (unpaired) electrons. The zero-order chi connectivity index (χ0) is 11.3. The van der Waals surface area contributed by atoms with Gasteiger partial charge in [-0.15, -0.1) is 11.3 Å². The molecule has 2 N–H and O–H groups in total. The third kappa shape index (κ3) is 4.14. The molecule has 0 unspecified atom stereocenters. The summed E-state index contributed by atoms with van der Waals surface area (Å²) in [5.41, 5.74) is 5.29. The first-order chi connectivity index (χ1) is 7.09.